The number of hydrogen-bond donors (Lipinski definition) is 0. The van der Waals surface area contributed by atoms with E-state index in [0.717, 1.165) is 0 Å². The Bertz CT molecular complexity index is 3460. The summed E-state index contributed by atoms with van der Waals surface area (Å²) in [5.74, 6) is 0. The molecule has 0 spiro atoms. The summed E-state index contributed by atoms with van der Waals surface area (Å²) < 4.78 is 7.58. The predicted molar refractivity (Wildman–Crippen MR) is 236 cm³/mol. The van der Waals surface area contributed by atoms with Gasteiger partial charge in [0.15, 0.2) is 0 Å². The highest BCUT2D eigenvalue weighted by atomic mass is 32.1. The maximum absolute atomic E-state index is 2.51. The zero-order chi connectivity index (χ0) is 36.0. The van der Waals surface area contributed by atoms with E-state index in [4.69, 9.17) is 0 Å². The van der Waals surface area contributed by atoms with Crippen molar-refractivity contribution in [2.75, 3.05) is 0 Å². The monoisotopic (exact) mass is 716 g/mol. The quantitative estimate of drug-likeness (QED) is 0.172. The number of benzene rings is 9. The van der Waals surface area contributed by atoms with E-state index < -0.39 is 0 Å². The molecule has 0 aliphatic rings. The van der Waals surface area contributed by atoms with Crippen LogP contribution in [0.4, 0.5) is 0 Å². The normalized spacial score (nSPS) is 12.0. The fraction of sp³-hybridized carbons (Fsp3) is 0. The van der Waals surface area contributed by atoms with Crippen molar-refractivity contribution in [3.63, 3.8) is 0 Å². The molecule has 3 heteroatoms. The number of para-hydroxylation sites is 2. The first kappa shape index (κ1) is 30.5. The van der Waals surface area contributed by atoms with Crippen LogP contribution in [-0.2, 0) is 0 Å². The first-order chi connectivity index (χ1) is 27.3. The van der Waals surface area contributed by atoms with Crippen molar-refractivity contribution in [2.24, 2.45) is 0 Å². The molecule has 55 heavy (non-hydrogen) atoms. The van der Waals surface area contributed by atoms with E-state index in [9.17, 15) is 0 Å². The molecule has 0 bridgehead atoms. The van der Waals surface area contributed by atoms with Crippen molar-refractivity contribution in [2.45, 2.75) is 0 Å². The van der Waals surface area contributed by atoms with Crippen LogP contribution >= 0.6 is 11.3 Å². The lowest BCUT2D eigenvalue weighted by atomic mass is 9.98. The van der Waals surface area contributed by atoms with Crippen molar-refractivity contribution in [3.8, 4) is 33.6 Å². The zero-order valence-corrected chi connectivity index (χ0v) is 30.6. The summed E-state index contributed by atoms with van der Waals surface area (Å²) in [6, 6.07) is 71.1. The van der Waals surface area contributed by atoms with E-state index in [-0.39, 0.29) is 0 Å². The molecule has 3 heterocycles. The Kier molecular flexibility index (Phi) is 6.54. The minimum Gasteiger partial charge on any atom is -0.309 e. The van der Waals surface area contributed by atoms with E-state index >= 15 is 0 Å². The molecule has 0 saturated heterocycles. The predicted octanol–water partition coefficient (Wildman–Crippen LogP) is 14.7. The Morgan fingerprint density at radius 3 is 1.60 bits per heavy atom. The molecule has 0 saturated carbocycles. The summed E-state index contributed by atoms with van der Waals surface area (Å²) in [7, 11) is 0. The highest BCUT2D eigenvalue weighted by Gasteiger charge is 2.23. The Labute approximate surface area is 321 Å². The van der Waals surface area contributed by atoms with Gasteiger partial charge in [-0.1, -0.05) is 146 Å². The standard InChI is InChI=1S/C52H32N2S/c1-3-14-33(15-4-1)35-26-28-37(29-27-35)54-46-25-12-10-23-42(46)49-40-21-7-8-22-41(40)50-44-31-43-39-20-9-11-24-45(39)53(47(43)32-48(44)55-52(50)51(49)54)38-19-13-18-36(30-38)34-16-5-2-6-17-34/h1-32H. The van der Waals surface area contributed by atoms with Crippen LogP contribution in [0.3, 0.4) is 0 Å². The van der Waals surface area contributed by atoms with E-state index in [1.807, 2.05) is 11.3 Å². The van der Waals surface area contributed by atoms with Crippen LogP contribution in [0.25, 0.3) is 108 Å². The van der Waals surface area contributed by atoms with Gasteiger partial charge in [-0.2, -0.15) is 0 Å². The SMILES string of the molecule is c1ccc(-c2ccc(-n3c4ccccc4c4c5ccccc5c5c6cc7c8ccccc8n(-c8cccc(-c9ccccc9)c8)c7cc6sc5c43)cc2)cc1. The average Bonchev–Trinajstić information content (AvgIpc) is 3.91. The van der Waals surface area contributed by atoms with E-state index in [2.05, 4.69) is 203 Å². The molecule has 0 aliphatic carbocycles. The molecular formula is C52H32N2S. The van der Waals surface area contributed by atoms with Gasteiger partial charge in [0.05, 0.1) is 26.8 Å². The van der Waals surface area contributed by atoms with Crippen LogP contribution < -0.4 is 0 Å². The second kappa shape index (κ2) is 11.8. The summed E-state index contributed by atoms with van der Waals surface area (Å²) in [5, 5.41) is 10.4. The van der Waals surface area contributed by atoms with Gasteiger partial charge in [-0.05, 0) is 81.6 Å². The lowest BCUT2D eigenvalue weighted by Crippen LogP contribution is -1.94. The third kappa shape index (κ3) is 4.48. The van der Waals surface area contributed by atoms with Gasteiger partial charge in [0.25, 0.3) is 0 Å². The number of hydrogen-bond acceptors (Lipinski definition) is 1. The molecule has 12 rings (SSSR count). The third-order valence-corrected chi connectivity index (χ3v) is 12.6. The molecule has 0 amide bonds. The lowest BCUT2D eigenvalue weighted by molar-refractivity contribution is 1.18. The number of aromatic nitrogens is 2. The minimum absolute atomic E-state index is 1.17. The van der Waals surface area contributed by atoms with Crippen molar-refractivity contribution in [1.29, 1.82) is 0 Å². The number of thiophene rings is 1. The molecule has 9 aromatic carbocycles. The lowest BCUT2D eigenvalue weighted by Gasteiger charge is -2.11. The smallest absolute Gasteiger partial charge is 0.0726 e. The summed E-state index contributed by atoms with van der Waals surface area (Å²) in [4.78, 5) is 0. The number of fused-ring (bicyclic) bond motifs is 13. The third-order valence-electron chi connectivity index (χ3n) is 11.5. The van der Waals surface area contributed by atoms with Gasteiger partial charge in [-0.15, -0.1) is 11.3 Å². The van der Waals surface area contributed by atoms with Crippen molar-refractivity contribution in [3.05, 3.63) is 194 Å². The van der Waals surface area contributed by atoms with E-state index in [1.165, 1.54) is 108 Å². The minimum atomic E-state index is 1.17. The Balaban J connectivity index is 1.18. The Hall–Kier alpha value is -6.94. The van der Waals surface area contributed by atoms with Gasteiger partial charge < -0.3 is 9.13 Å². The van der Waals surface area contributed by atoms with Gasteiger partial charge >= 0.3 is 0 Å². The number of nitrogens with zero attached hydrogens (tertiary/aromatic N) is 2. The van der Waals surface area contributed by atoms with E-state index in [0.29, 0.717) is 0 Å². The molecule has 0 radical (unpaired) electrons. The fourth-order valence-corrected chi connectivity index (χ4v) is 10.3. The van der Waals surface area contributed by atoms with Gasteiger partial charge in [0, 0.05) is 48.4 Å². The molecule has 2 nitrogen and oxygen atoms in total. The second-order valence-electron chi connectivity index (χ2n) is 14.5. The average molecular weight is 717 g/mol. The molecule has 0 fully saturated rings. The highest BCUT2D eigenvalue weighted by Crippen LogP contribution is 2.49. The molecule has 0 unspecified atom stereocenters. The number of rotatable bonds is 4. The summed E-state index contributed by atoms with van der Waals surface area (Å²) >= 11 is 1.92. The molecule has 256 valence electrons. The van der Waals surface area contributed by atoms with Crippen molar-refractivity contribution in [1.82, 2.24) is 9.13 Å². The Morgan fingerprint density at radius 1 is 0.309 bits per heavy atom. The second-order valence-corrected chi connectivity index (χ2v) is 15.5. The summed E-state index contributed by atoms with van der Waals surface area (Å²) in [6.45, 7) is 0. The van der Waals surface area contributed by atoms with Crippen LogP contribution in [0.15, 0.2) is 194 Å². The van der Waals surface area contributed by atoms with Crippen molar-refractivity contribution < 1.29 is 0 Å². The highest BCUT2D eigenvalue weighted by molar-refractivity contribution is 7.27. The zero-order valence-electron chi connectivity index (χ0n) is 29.8. The van der Waals surface area contributed by atoms with Gasteiger partial charge in [0.2, 0.25) is 0 Å². The van der Waals surface area contributed by atoms with Crippen LogP contribution in [0.5, 0.6) is 0 Å². The van der Waals surface area contributed by atoms with Gasteiger partial charge in [-0.25, -0.2) is 0 Å². The van der Waals surface area contributed by atoms with Gasteiger partial charge in [-0.3, -0.25) is 0 Å². The first-order valence-electron chi connectivity index (χ1n) is 18.9. The molecule has 12 aromatic rings. The van der Waals surface area contributed by atoms with Crippen LogP contribution in [0.1, 0.15) is 0 Å². The molecule has 0 N–H and O–H groups in total. The summed E-state index contributed by atoms with van der Waals surface area (Å²) in [5.41, 5.74) is 12.2. The summed E-state index contributed by atoms with van der Waals surface area (Å²) in [6.07, 6.45) is 0. The van der Waals surface area contributed by atoms with Crippen LogP contribution in [-0.4, -0.2) is 9.13 Å². The largest absolute Gasteiger partial charge is 0.309 e. The van der Waals surface area contributed by atoms with Crippen molar-refractivity contribution >= 4 is 85.9 Å². The molecule has 0 atom stereocenters. The Morgan fingerprint density at radius 2 is 0.873 bits per heavy atom. The molecule has 3 aromatic heterocycles. The maximum Gasteiger partial charge on any atom is 0.0726 e. The first-order valence-corrected chi connectivity index (χ1v) is 19.7. The maximum atomic E-state index is 2.51. The fourth-order valence-electron chi connectivity index (χ4n) is 9.07. The molecule has 0 aliphatic heterocycles. The van der Waals surface area contributed by atoms with Crippen LogP contribution in [0.2, 0.25) is 0 Å². The van der Waals surface area contributed by atoms with Crippen LogP contribution in [0, 0.1) is 0 Å². The molecular weight excluding hydrogens is 685 g/mol. The van der Waals surface area contributed by atoms with Gasteiger partial charge in [0.1, 0.15) is 0 Å². The topological polar surface area (TPSA) is 9.86 Å². The van der Waals surface area contributed by atoms with E-state index in [1.54, 1.807) is 0 Å².